The molecule has 3 rings (SSSR count). The molecule has 1 aromatic carbocycles. The first kappa shape index (κ1) is 22.6. The zero-order chi connectivity index (χ0) is 21.7. The van der Waals surface area contributed by atoms with Gasteiger partial charge in [0, 0.05) is 12.1 Å². The molecule has 7 nitrogen and oxygen atoms in total. The van der Waals surface area contributed by atoms with E-state index in [2.05, 4.69) is 24.5 Å². The lowest BCUT2D eigenvalue weighted by atomic mass is 9.81. The Hall–Kier alpha value is -2.12. The summed E-state index contributed by atoms with van der Waals surface area (Å²) in [7, 11) is 2.57. The minimum atomic E-state index is -0.587. The highest BCUT2D eigenvalue weighted by Crippen LogP contribution is 2.30. The zero-order valence-electron chi connectivity index (χ0n) is 18.4. The summed E-state index contributed by atoms with van der Waals surface area (Å²) >= 11 is 0. The molecule has 1 heterocycles. The van der Waals surface area contributed by atoms with Crippen molar-refractivity contribution in [2.24, 2.45) is 11.8 Å². The van der Waals surface area contributed by atoms with Crippen LogP contribution in [0.15, 0.2) is 18.2 Å². The average molecular weight is 419 g/mol. The fraction of sp³-hybridized carbons (Fsp3) is 0.652. The summed E-state index contributed by atoms with van der Waals surface area (Å²) < 4.78 is 15.6. The summed E-state index contributed by atoms with van der Waals surface area (Å²) in [4.78, 5) is 24.0. The SMILES string of the molecule is COC(=O)c1ccc(OC2CC(NC(C(C)C)C3CCNCC3)C2)cc1C(=O)OC. The zero-order valence-corrected chi connectivity index (χ0v) is 18.4. The monoisotopic (exact) mass is 418 g/mol. The maximum Gasteiger partial charge on any atom is 0.338 e. The molecule has 166 valence electrons. The van der Waals surface area contributed by atoms with E-state index in [1.54, 1.807) is 18.2 Å². The highest BCUT2D eigenvalue weighted by molar-refractivity contribution is 6.03. The maximum atomic E-state index is 12.1. The second kappa shape index (κ2) is 10.3. The van der Waals surface area contributed by atoms with Gasteiger partial charge in [-0.05, 0) is 68.8 Å². The second-order valence-electron chi connectivity index (χ2n) is 8.62. The Morgan fingerprint density at radius 3 is 2.27 bits per heavy atom. The smallest absolute Gasteiger partial charge is 0.338 e. The van der Waals surface area contributed by atoms with E-state index in [-0.39, 0.29) is 17.2 Å². The van der Waals surface area contributed by atoms with E-state index >= 15 is 0 Å². The van der Waals surface area contributed by atoms with Crippen LogP contribution in [0.5, 0.6) is 5.75 Å². The van der Waals surface area contributed by atoms with Crippen molar-refractivity contribution >= 4 is 11.9 Å². The number of hydrogen-bond donors (Lipinski definition) is 2. The summed E-state index contributed by atoms with van der Waals surface area (Å²) in [5.41, 5.74) is 0.327. The van der Waals surface area contributed by atoms with Crippen LogP contribution >= 0.6 is 0 Å². The van der Waals surface area contributed by atoms with Crippen LogP contribution in [0.3, 0.4) is 0 Å². The van der Waals surface area contributed by atoms with Gasteiger partial charge in [0.2, 0.25) is 0 Å². The van der Waals surface area contributed by atoms with Gasteiger partial charge in [-0.1, -0.05) is 13.8 Å². The van der Waals surface area contributed by atoms with Crippen molar-refractivity contribution < 1.29 is 23.8 Å². The largest absolute Gasteiger partial charge is 0.490 e. The molecule has 2 fully saturated rings. The number of esters is 2. The van der Waals surface area contributed by atoms with Crippen LogP contribution in [-0.4, -0.2) is 57.4 Å². The Balaban J connectivity index is 1.57. The van der Waals surface area contributed by atoms with Crippen molar-refractivity contribution in [1.29, 1.82) is 0 Å². The van der Waals surface area contributed by atoms with Gasteiger partial charge in [-0.15, -0.1) is 0 Å². The van der Waals surface area contributed by atoms with Gasteiger partial charge in [0.1, 0.15) is 11.9 Å². The van der Waals surface area contributed by atoms with Crippen LogP contribution in [0.4, 0.5) is 0 Å². The van der Waals surface area contributed by atoms with Gasteiger partial charge in [0.05, 0.1) is 25.3 Å². The average Bonchev–Trinajstić information content (AvgIpc) is 2.74. The summed E-state index contributed by atoms with van der Waals surface area (Å²) in [5.74, 6) is 0.717. The molecular weight excluding hydrogens is 384 g/mol. The van der Waals surface area contributed by atoms with Crippen LogP contribution < -0.4 is 15.4 Å². The van der Waals surface area contributed by atoms with Gasteiger partial charge < -0.3 is 24.8 Å². The molecule has 1 aromatic rings. The molecule has 0 aromatic heterocycles. The van der Waals surface area contributed by atoms with E-state index in [4.69, 9.17) is 14.2 Å². The Morgan fingerprint density at radius 1 is 1.03 bits per heavy atom. The van der Waals surface area contributed by atoms with Crippen molar-refractivity contribution in [3.05, 3.63) is 29.3 Å². The molecule has 1 saturated heterocycles. The fourth-order valence-electron chi connectivity index (χ4n) is 4.50. The predicted octanol–water partition coefficient (Wildman–Crippen LogP) is 2.78. The van der Waals surface area contributed by atoms with Gasteiger partial charge >= 0.3 is 11.9 Å². The van der Waals surface area contributed by atoms with Gasteiger partial charge in [0.15, 0.2) is 0 Å². The molecule has 1 atom stereocenters. The Labute approximate surface area is 178 Å². The van der Waals surface area contributed by atoms with Crippen LogP contribution in [0.1, 0.15) is 60.2 Å². The lowest BCUT2D eigenvalue weighted by Crippen LogP contribution is -2.55. The number of carbonyl (C=O) groups excluding carboxylic acids is 2. The molecule has 2 aliphatic rings. The van der Waals surface area contributed by atoms with Crippen LogP contribution in [0.25, 0.3) is 0 Å². The third-order valence-corrected chi connectivity index (χ3v) is 6.24. The molecule has 0 amide bonds. The lowest BCUT2D eigenvalue weighted by Gasteiger charge is -2.42. The number of hydrogen-bond acceptors (Lipinski definition) is 7. The van der Waals surface area contributed by atoms with Gasteiger partial charge in [-0.25, -0.2) is 9.59 Å². The van der Waals surface area contributed by atoms with Crippen molar-refractivity contribution in [3.63, 3.8) is 0 Å². The number of carbonyl (C=O) groups is 2. The summed E-state index contributed by atoms with van der Waals surface area (Å²) in [6, 6.07) is 5.79. The van der Waals surface area contributed by atoms with Gasteiger partial charge in [-0.2, -0.15) is 0 Å². The van der Waals surface area contributed by atoms with Crippen molar-refractivity contribution in [3.8, 4) is 5.75 Å². The van der Waals surface area contributed by atoms with E-state index in [0.29, 0.717) is 23.8 Å². The number of methoxy groups -OCH3 is 2. The highest BCUT2D eigenvalue weighted by Gasteiger charge is 2.35. The first-order chi connectivity index (χ1) is 14.4. The summed E-state index contributed by atoms with van der Waals surface area (Å²) in [5, 5.41) is 7.31. The van der Waals surface area contributed by atoms with Crippen molar-refractivity contribution in [2.75, 3.05) is 27.3 Å². The molecule has 1 saturated carbocycles. The third kappa shape index (κ3) is 5.32. The molecule has 0 bridgehead atoms. The normalized spacial score (nSPS) is 22.8. The topological polar surface area (TPSA) is 85.9 Å². The molecule has 30 heavy (non-hydrogen) atoms. The number of rotatable bonds is 8. The molecule has 1 unspecified atom stereocenters. The maximum absolute atomic E-state index is 12.1. The van der Waals surface area contributed by atoms with Crippen LogP contribution in [-0.2, 0) is 9.47 Å². The molecule has 7 heteroatoms. The van der Waals surface area contributed by atoms with E-state index in [1.165, 1.54) is 27.1 Å². The Kier molecular flexibility index (Phi) is 7.72. The van der Waals surface area contributed by atoms with Gasteiger partial charge in [-0.3, -0.25) is 0 Å². The van der Waals surface area contributed by atoms with Crippen LogP contribution in [0, 0.1) is 11.8 Å². The first-order valence-electron chi connectivity index (χ1n) is 10.9. The van der Waals surface area contributed by atoms with E-state index in [9.17, 15) is 9.59 Å². The van der Waals surface area contributed by atoms with Crippen LogP contribution in [0.2, 0.25) is 0 Å². The molecular formula is C23H34N2O5. The van der Waals surface area contributed by atoms with E-state index in [1.807, 2.05) is 0 Å². The molecule has 1 aliphatic heterocycles. The first-order valence-corrected chi connectivity index (χ1v) is 10.9. The number of piperidine rings is 1. The quantitative estimate of drug-likeness (QED) is 0.628. The van der Waals surface area contributed by atoms with Crippen molar-refractivity contribution in [2.45, 2.75) is 57.7 Å². The second-order valence-corrected chi connectivity index (χ2v) is 8.62. The van der Waals surface area contributed by atoms with E-state index in [0.717, 1.165) is 31.8 Å². The minimum absolute atomic E-state index is 0.0952. The molecule has 0 radical (unpaired) electrons. The predicted molar refractivity (Wildman–Crippen MR) is 114 cm³/mol. The highest BCUT2D eigenvalue weighted by atomic mass is 16.5. The molecule has 1 aliphatic carbocycles. The molecule has 2 N–H and O–H groups in total. The Morgan fingerprint density at radius 2 is 1.67 bits per heavy atom. The summed E-state index contributed by atoms with van der Waals surface area (Å²) in [6.07, 6.45) is 4.41. The lowest BCUT2D eigenvalue weighted by molar-refractivity contribution is 0.0549. The number of benzene rings is 1. The number of nitrogens with one attached hydrogen (secondary N) is 2. The minimum Gasteiger partial charge on any atom is -0.490 e. The standard InChI is InChI=1S/C23H34N2O5/c1-14(2)21(15-7-9-24-10-8-15)25-16-11-18(12-16)30-17-5-6-19(22(26)28-3)20(13-17)23(27)29-4/h5-6,13-16,18,21,24-25H,7-12H2,1-4H3. The summed E-state index contributed by atoms with van der Waals surface area (Å²) in [6.45, 7) is 6.80. The number of ether oxygens (including phenoxy) is 3. The fourth-order valence-corrected chi connectivity index (χ4v) is 4.50. The third-order valence-electron chi connectivity index (χ3n) is 6.24. The van der Waals surface area contributed by atoms with Crippen molar-refractivity contribution in [1.82, 2.24) is 10.6 Å². The van der Waals surface area contributed by atoms with Gasteiger partial charge in [0.25, 0.3) is 0 Å². The van der Waals surface area contributed by atoms with E-state index < -0.39 is 11.9 Å². The Bertz CT molecular complexity index is 739. The molecule has 0 spiro atoms.